The van der Waals surface area contributed by atoms with Crippen LogP contribution in [0, 0.1) is 0 Å². The Morgan fingerprint density at radius 3 is 2.56 bits per heavy atom. The maximum absolute atomic E-state index is 5.55. The average Bonchev–Trinajstić information content (AvgIpc) is 2.30. The molecule has 16 heavy (non-hydrogen) atoms. The molecule has 4 nitrogen and oxygen atoms in total. The highest BCUT2D eigenvalue weighted by atomic mass is 32.2. The van der Waals surface area contributed by atoms with Gasteiger partial charge in [-0.15, -0.1) is 0 Å². The Balaban J connectivity index is 2.14. The zero-order valence-corrected chi connectivity index (χ0v) is 9.57. The largest absolute Gasteiger partial charge is 0.497 e. The van der Waals surface area contributed by atoms with Gasteiger partial charge in [-0.25, -0.2) is 4.98 Å². The molecule has 1 aromatic carbocycles. The molecule has 1 heterocycles. The molecule has 2 aromatic rings. The third-order valence-electron chi connectivity index (χ3n) is 1.91. The molecule has 1 aromatic heterocycles. The molecule has 0 atom stereocenters. The summed E-state index contributed by atoms with van der Waals surface area (Å²) >= 11 is 1.51. The predicted octanol–water partition coefficient (Wildman–Crippen LogP) is 2.22. The maximum Gasteiger partial charge on any atom is 0.143 e. The van der Waals surface area contributed by atoms with E-state index in [1.165, 1.54) is 18.0 Å². The SMILES string of the molecule is COc1ccc(Sc2cncc(N)n2)cc1. The summed E-state index contributed by atoms with van der Waals surface area (Å²) < 4.78 is 5.08. The number of hydrogen-bond acceptors (Lipinski definition) is 5. The summed E-state index contributed by atoms with van der Waals surface area (Å²) in [6.45, 7) is 0. The Morgan fingerprint density at radius 2 is 1.94 bits per heavy atom. The van der Waals surface area contributed by atoms with E-state index in [1.54, 1.807) is 13.3 Å². The Labute approximate surface area is 97.9 Å². The van der Waals surface area contributed by atoms with E-state index in [2.05, 4.69) is 9.97 Å². The fraction of sp³-hybridized carbons (Fsp3) is 0.0909. The number of hydrogen-bond donors (Lipinski definition) is 1. The molecule has 0 aliphatic heterocycles. The number of nitrogens with zero attached hydrogens (tertiary/aromatic N) is 2. The van der Waals surface area contributed by atoms with E-state index in [-0.39, 0.29) is 0 Å². The highest BCUT2D eigenvalue weighted by Gasteiger charge is 2.00. The first-order chi connectivity index (χ1) is 7.78. The zero-order chi connectivity index (χ0) is 11.4. The van der Waals surface area contributed by atoms with E-state index in [0.29, 0.717) is 5.82 Å². The number of ether oxygens (including phenoxy) is 1. The van der Waals surface area contributed by atoms with Crippen LogP contribution in [0.1, 0.15) is 0 Å². The summed E-state index contributed by atoms with van der Waals surface area (Å²) in [5, 5.41) is 0.783. The second-order valence-corrected chi connectivity index (χ2v) is 4.15. The molecular weight excluding hydrogens is 222 g/mol. The van der Waals surface area contributed by atoms with Gasteiger partial charge >= 0.3 is 0 Å². The van der Waals surface area contributed by atoms with E-state index in [4.69, 9.17) is 10.5 Å². The van der Waals surface area contributed by atoms with Crippen molar-refractivity contribution in [3.05, 3.63) is 36.7 Å². The van der Waals surface area contributed by atoms with Crippen molar-refractivity contribution in [3.63, 3.8) is 0 Å². The van der Waals surface area contributed by atoms with Crippen molar-refractivity contribution in [2.75, 3.05) is 12.8 Å². The Kier molecular flexibility index (Phi) is 3.26. The minimum Gasteiger partial charge on any atom is -0.497 e. The second-order valence-electron chi connectivity index (χ2n) is 3.06. The first kappa shape index (κ1) is 10.8. The average molecular weight is 233 g/mol. The minimum atomic E-state index is 0.429. The quantitative estimate of drug-likeness (QED) is 0.880. The minimum absolute atomic E-state index is 0.429. The Hall–Kier alpha value is -1.75. The molecule has 2 N–H and O–H groups in total. The number of nitrogens with two attached hydrogens (primary N) is 1. The maximum atomic E-state index is 5.55. The molecule has 82 valence electrons. The number of rotatable bonds is 3. The Bertz CT molecular complexity index is 473. The molecule has 0 saturated heterocycles. The van der Waals surface area contributed by atoms with Gasteiger partial charge in [0.2, 0.25) is 0 Å². The van der Waals surface area contributed by atoms with Gasteiger partial charge in [-0.1, -0.05) is 11.8 Å². The summed E-state index contributed by atoms with van der Waals surface area (Å²) in [4.78, 5) is 9.21. The third kappa shape index (κ3) is 2.64. The van der Waals surface area contributed by atoms with E-state index >= 15 is 0 Å². The van der Waals surface area contributed by atoms with E-state index in [1.807, 2.05) is 24.3 Å². The summed E-state index contributed by atoms with van der Waals surface area (Å²) in [5.41, 5.74) is 5.55. The first-order valence-corrected chi connectivity index (χ1v) is 5.49. The van der Waals surface area contributed by atoms with Crippen molar-refractivity contribution in [2.45, 2.75) is 9.92 Å². The molecule has 5 heteroatoms. The van der Waals surface area contributed by atoms with Crippen molar-refractivity contribution in [1.29, 1.82) is 0 Å². The van der Waals surface area contributed by atoms with Crippen LogP contribution < -0.4 is 10.5 Å². The van der Waals surface area contributed by atoms with Gasteiger partial charge in [-0.3, -0.25) is 4.98 Å². The molecule has 0 fully saturated rings. The standard InChI is InChI=1S/C11H11N3OS/c1-15-8-2-4-9(5-3-8)16-11-7-13-6-10(12)14-11/h2-7H,1H3,(H2,12,14). The van der Waals surface area contributed by atoms with Gasteiger partial charge in [0, 0.05) is 4.90 Å². The summed E-state index contributed by atoms with van der Waals surface area (Å²) in [7, 11) is 1.64. The predicted molar refractivity (Wildman–Crippen MR) is 63.6 cm³/mol. The molecule has 0 saturated carbocycles. The van der Waals surface area contributed by atoms with Crippen LogP contribution in [0.4, 0.5) is 5.82 Å². The van der Waals surface area contributed by atoms with Crippen LogP contribution in [0.3, 0.4) is 0 Å². The van der Waals surface area contributed by atoms with Gasteiger partial charge < -0.3 is 10.5 Å². The smallest absolute Gasteiger partial charge is 0.143 e. The second kappa shape index (κ2) is 4.85. The topological polar surface area (TPSA) is 61.0 Å². The van der Waals surface area contributed by atoms with Crippen molar-refractivity contribution >= 4 is 17.6 Å². The number of benzene rings is 1. The summed E-state index contributed by atoms with van der Waals surface area (Å²) in [5.74, 6) is 1.27. The number of methoxy groups -OCH3 is 1. The molecule has 0 aliphatic carbocycles. The molecule has 0 bridgehead atoms. The van der Waals surface area contributed by atoms with Crippen molar-refractivity contribution < 1.29 is 4.74 Å². The fourth-order valence-corrected chi connectivity index (χ4v) is 1.95. The first-order valence-electron chi connectivity index (χ1n) is 4.67. The molecule has 2 rings (SSSR count). The van der Waals surface area contributed by atoms with Crippen LogP contribution in [0.25, 0.3) is 0 Å². The van der Waals surface area contributed by atoms with Gasteiger partial charge in [0.15, 0.2) is 0 Å². The van der Waals surface area contributed by atoms with Crippen molar-refractivity contribution in [3.8, 4) is 5.75 Å². The van der Waals surface area contributed by atoms with Crippen LogP contribution in [0.2, 0.25) is 0 Å². The third-order valence-corrected chi connectivity index (χ3v) is 2.83. The highest BCUT2D eigenvalue weighted by Crippen LogP contribution is 2.27. The summed E-state index contributed by atoms with van der Waals surface area (Å²) in [6, 6.07) is 7.74. The molecular formula is C11H11N3OS. The molecule has 0 amide bonds. The van der Waals surface area contributed by atoms with E-state index in [9.17, 15) is 0 Å². The normalized spacial score (nSPS) is 10.1. The lowest BCUT2D eigenvalue weighted by Crippen LogP contribution is -1.92. The van der Waals surface area contributed by atoms with Crippen molar-refractivity contribution in [1.82, 2.24) is 9.97 Å². The molecule has 0 spiro atoms. The van der Waals surface area contributed by atoms with Gasteiger partial charge in [0.25, 0.3) is 0 Å². The van der Waals surface area contributed by atoms with Gasteiger partial charge in [0.05, 0.1) is 19.5 Å². The van der Waals surface area contributed by atoms with Crippen LogP contribution in [0.5, 0.6) is 5.75 Å². The number of anilines is 1. The van der Waals surface area contributed by atoms with Crippen LogP contribution in [-0.4, -0.2) is 17.1 Å². The lowest BCUT2D eigenvalue weighted by Gasteiger charge is -2.02. The van der Waals surface area contributed by atoms with Gasteiger partial charge in [-0.05, 0) is 24.3 Å². The summed E-state index contributed by atoms with van der Waals surface area (Å²) in [6.07, 6.45) is 3.21. The monoisotopic (exact) mass is 233 g/mol. The molecule has 0 unspecified atom stereocenters. The zero-order valence-electron chi connectivity index (χ0n) is 8.75. The number of nitrogen functional groups attached to an aromatic ring is 1. The van der Waals surface area contributed by atoms with Crippen molar-refractivity contribution in [2.24, 2.45) is 0 Å². The van der Waals surface area contributed by atoms with Gasteiger partial charge in [0.1, 0.15) is 16.6 Å². The fourth-order valence-electron chi connectivity index (χ4n) is 1.18. The van der Waals surface area contributed by atoms with E-state index in [0.717, 1.165) is 15.7 Å². The Morgan fingerprint density at radius 1 is 1.19 bits per heavy atom. The molecule has 0 aliphatic rings. The lowest BCUT2D eigenvalue weighted by molar-refractivity contribution is 0.414. The number of aromatic nitrogens is 2. The highest BCUT2D eigenvalue weighted by molar-refractivity contribution is 7.99. The van der Waals surface area contributed by atoms with Crippen LogP contribution >= 0.6 is 11.8 Å². The van der Waals surface area contributed by atoms with Crippen LogP contribution in [0.15, 0.2) is 46.6 Å². The van der Waals surface area contributed by atoms with Crippen LogP contribution in [-0.2, 0) is 0 Å². The van der Waals surface area contributed by atoms with E-state index < -0.39 is 0 Å². The van der Waals surface area contributed by atoms with Gasteiger partial charge in [-0.2, -0.15) is 0 Å². The molecule has 0 radical (unpaired) electrons. The lowest BCUT2D eigenvalue weighted by atomic mass is 10.3.